The molecule has 2 rings (SSSR count). The molecule has 1 aromatic carbocycles. The molecule has 0 aliphatic carbocycles. The van der Waals surface area contributed by atoms with Crippen LogP contribution in [0.5, 0.6) is 0 Å². The van der Waals surface area contributed by atoms with Gasteiger partial charge in [0.05, 0.1) is 18.8 Å². The molecule has 1 aliphatic rings. The minimum atomic E-state index is -0.874. The van der Waals surface area contributed by atoms with Crippen molar-refractivity contribution < 1.29 is 14.6 Å². The van der Waals surface area contributed by atoms with Gasteiger partial charge in [0.2, 0.25) is 0 Å². The van der Waals surface area contributed by atoms with E-state index in [4.69, 9.17) is 9.84 Å². The zero-order valence-corrected chi connectivity index (χ0v) is 9.56. The van der Waals surface area contributed by atoms with Gasteiger partial charge in [-0.2, -0.15) is 0 Å². The molecule has 0 bridgehead atoms. The molecule has 86 valence electrons. The highest BCUT2D eigenvalue weighted by Gasteiger charge is 2.43. The van der Waals surface area contributed by atoms with E-state index in [-0.39, 0.29) is 5.41 Å². The summed E-state index contributed by atoms with van der Waals surface area (Å²) < 4.78 is 5.31. The van der Waals surface area contributed by atoms with Gasteiger partial charge < -0.3 is 9.84 Å². The lowest BCUT2D eigenvalue weighted by atomic mass is 9.70. The summed E-state index contributed by atoms with van der Waals surface area (Å²) in [5.41, 5.74) is 1.43. The van der Waals surface area contributed by atoms with Crippen LogP contribution in [0.2, 0.25) is 0 Å². The van der Waals surface area contributed by atoms with Gasteiger partial charge >= 0.3 is 5.97 Å². The molecule has 0 atom stereocenters. The van der Waals surface area contributed by atoms with Crippen LogP contribution in [0.25, 0.3) is 0 Å². The molecule has 1 fully saturated rings. The largest absolute Gasteiger partial charge is 0.478 e. The van der Waals surface area contributed by atoms with Gasteiger partial charge in [-0.15, -0.1) is 0 Å². The first kappa shape index (κ1) is 11.1. The predicted octanol–water partition coefficient (Wildman–Crippen LogP) is 2.31. The zero-order chi connectivity index (χ0) is 11.8. The number of hydrogen-bond acceptors (Lipinski definition) is 2. The SMILES string of the molecule is CC(C)C1(c2cccc(C(=O)O)c2)COC1. The highest BCUT2D eigenvalue weighted by Crippen LogP contribution is 2.39. The summed E-state index contributed by atoms with van der Waals surface area (Å²) in [6, 6.07) is 7.19. The standard InChI is InChI=1S/C13H16O3/c1-9(2)13(7-16-8-13)11-5-3-4-10(6-11)12(14)15/h3-6,9H,7-8H2,1-2H3,(H,14,15). The van der Waals surface area contributed by atoms with E-state index in [0.717, 1.165) is 5.56 Å². The van der Waals surface area contributed by atoms with Crippen LogP contribution in [-0.2, 0) is 10.2 Å². The Morgan fingerprint density at radius 2 is 2.12 bits per heavy atom. The molecule has 1 aromatic rings. The molecule has 0 radical (unpaired) electrons. The van der Waals surface area contributed by atoms with Crippen LogP contribution >= 0.6 is 0 Å². The monoisotopic (exact) mass is 220 g/mol. The van der Waals surface area contributed by atoms with Crippen molar-refractivity contribution in [3.8, 4) is 0 Å². The lowest BCUT2D eigenvalue weighted by Gasteiger charge is -2.45. The number of carboxylic acid groups (broad SMARTS) is 1. The van der Waals surface area contributed by atoms with Crippen molar-refractivity contribution >= 4 is 5.97 Å². The van der Waals surface area contributed by atoms with Crippen molar-refractivity contribution in [1.29, 1.82) is 0 Å². The summed E-state index contributed by atoms with van der Waals surface area (Å²) in [6.07, 6.45) is 0. The highest BCUT2D eigenvalue weighted by molar-refractivity contribution is 5.87. The zero-order valence-electron chi connectivity index (χ0n) is 9.56. The maximum atomic E-state index is 10.9. The maximum Gasteiger partial charge on any atom is 0.335 e. The summed E-state index contributed by atoms with van der Waals surface area (Å²) in [7, 11) is 0. The minimum absolute atomic E-state index is 0.00542. The Hall–Kier alpha value is -1.35. The van der Waals surface area contributed by atoms with Crippen molar-refractivity contribution in [3.05, 3.63) is 35.4 Å². The number of hydrogen-bond donors (Lipinski definition) is 1. The maximum absolute atomic E-state index is 10.9. The van der Waals surface area contributed by atoms with Crippen LogP contribution in [-0.4, -0.2) is 24.3 Å². The second-order valence-electron chi connectivity index (χ2n) is 4.69. The van der Waals surface area contributed by atoms with Gasteiger partial charge in [-0.1, -0.05) is 26.0 Å². The number of carbonyl (C=O) groups is 1. The van der Waals surface area contributed by atoms with Crippen LogP contribution < -0.4 is 0 Å². The summed E-state index contributed by atoms with van der Waals surface area (Å²) >= 11 is 0. The van der Waals surface area contributed by atoms with E-state index < -0.39 is 5.97 Å². The van der Waals surface area contributed by atoms with Gasteiger partial charge in [-0.05, 0) is 23.6 Å². The number of benzene rings is 1. The third kappa shape index (κ3) is 1.61. The average molecular weight is 220 g/mol. The van der Waals surface area contributed by atoms with E-state index in [1.54, 1.807) is 18.2 Å². The third-order valence-corrected chi connectivity index (χ3v) is 3.51. The van der Waals surface area contributed by atoms with Crippen LogP contribution in [0, 0.1) is 5.92 Å². The van der Waals surface area contributed by atoms with Crippen LogP contribution in [0.4, 0.5) is 0 Å². The first-order chi connectivity index (χ1) is 7.56. The number of aromatic carboxylic acids is 1. The van der Waals surface area contributed by atoms with E-state index in [9.17, 15) is 4.79 Å². The summed E-state index contributed by atoms with van der Waals surface area (Å²) in [6.45, 7) is 5.67. The van der Waals surface area contributed by atoms with Gasteiger partial charge in [-0.25, -0.2) is 4.79 Å². The van der Waals surface area contributed by atoms with Crippen molar-refractivity contribution in [2.75, 3.05) is 13.2 Å². The van der Waals surface area contributed by atoms with E-state index >= 15 is 0 Å². The first-order valence-electron chi connectivity index (χ1n) is 5.48. The fourth-order valence-corrected chi connectivity index (χ4v) is 2.12. The predicted molar refractivity (Wildman–Crippen MR) is 60.7 cm³/mol. The lowest BCUT2D eigenvalue weighted by Crippen LogP contribution is -2.50. The lowest BCUT2D eigenvalue weighted by molar-refractivity contribution is -0.0837. The van der Waals surface area contributed by atoms with E-state index in [0.29, 0.717) is 24.7 Å². The quantitative estimate of drug-likeness (QED) is 0.850. The Balaban J connectivity index is 2.39. The molecule has 0 saturated carbocycles. The Morgan fingerprint density at radius 1 is 1.44 bits per heavy atom. The van der Waals surface area contributed by atoms with Gasteiger partial charge in [0.25, 0.3) is 0 Å². The van der Waals surface area contributed by atoms with E-state index in [1.165, 1.54) is 0 Å². The number of ether oxygens (including phenoxy) is 1. The average Bonchev–Trinajstić information content (AvgIpc) is 2.15. The van der Waals surface area contributed by atoms with Crippen molar-refractivity contribution in [2.45, 2.75) is 19.3 Å². The molecular formula is C13H16O3. The number of carboxylic acids is 1. The van der Waals surface area contributed by atoms with Crippen LogP contribution in [0.15, 0.2) is 24.3 Å². The van der Waals surface area contributed by atoms with Gasteiger partial charge in [0.15, 0.2) is 0 Å². The Labute approximate surface area is 95.0 Å². The van der Waals surface area contributed by atoms with Gasteiger partial charge in [0, 0.05) is 5.41 Å². The third-order valence-electron chi connectivity index (χ3n) is 3.51. The summed E-state index contributed by atoms with van der Waals surface area (Å²) in [5, 5.41) is 8.97. The fraction of sp³-hybridized carbons (Fsp3) is 0.462. The Kier molecular flexibility index (Phi) is 2.72. The van der Waals surface area contributed by atoms with E-state index in [2.05, 4.69) is 13.8 Å². The Bertz CT molecular complexity index is 405. The van der Waals surface area contributed by atoms with Gasteiger partial charge in [0.1, 0.15) is 0 Å². The molecule has 3 heteroatoms. The van der Waals surface area contributed by atoms with Crippen LogP contribution in [0.1, 0.15) is 29.8 Å². The summed E-state index contributed by atoms with van der Waals surface area (Å²) in [5.74, 6) is -0.425. The highest BCUT2D eigenvalue weighted by atomic mass is 16.5. The van der Waals surface area contributed by atoms with Crippen molar-refractivity contribution in [1.82, 2.24) is 0 Å². The minimum Gasteiger partial charge on any atom is -0.478 e. The second kappa shape index (κ2) is 3.91. The summed E-state index contributed by atoms with van der Waals surface area (Å²) in [4.78, 5) is 10.9. The van der Waals surface area contributed by atoms with Gasteiger partial charge in [-0.3, -0.25) is 0 Å². The molecule has 1 heterocycles. The normalized spacial score (nSPS) is 18.2. The number of rotatable bonds is 3. The fourth-order valence-electron chi connectivity index (χ4n) is 2.12. The van der Waals surface area contributed by atoms with E-state index in [1.807, 2.05) is 6.07 Å². The molecule has 0 unspecified atom stereocenters. The first-order valence-corrected chi connectivity index (χ1v) is 5.48. The van der Waals surface area contributed by atoms with Crippen LogP contribution in [0.3, 0.4) is 0 Å². The van der Waals surface area contributed by atoms with Crippen molar-refractivity contribution in [2.24, 2.45) is 5.92 Å². The molecule has 1 saturated heterocycles. The molecular weight excluding hydrogens is 204 g/mol. The molecule has 3 nitrogen and oxygen atoms in total. The smallest absolute Gasteiger partial charge is 0.335 e. The molecule has 0 spiro atoms. The topological polar surface area (TPSA) is 46.5 Å². The molecule has 16 heavy (non-hydrogen) atoms. The Morgan fingerprint density at radius 3 is 2.56 bits per heavy atom. The molecule has 1 N–H and O–H groups in total. The second-order valence-corrected chi connectivity index (χ2v) is 4.69. The van der Waals surface area contributed by atoms with Crippen molar-refractivity contribution in [3.63, 3.8) is 0 Å². The molecule has 1 aliphatic heterocycles. The molecule has 0 amide bonds. The molecule has 0 aromatic heterocycles.